The highest BCUT2D eigenvalue weighted by molar-refractivity contribution is 5.53. The smallest absolute Gasteiger partial charge is 0.126 e. The average molecular weight is 317 g/mol. The van der Waals surface area contributed by atoms with Gasteiger partial charge in [0.2, 0.25) is 0 Å². The van der Waals surface area contributed by atoms with E-state index < -0.39 is 0 Å². The molecule has 1 aliphatic rings. The minimum atomic E-state index is 0.275. The minimum Gasteiger partial charge on any atom is -0.490 e. The highest BCUT2D eigenvalue weighted by Gasteiger charge is 2.34. The third-order valence-corrected chi connectivity index (χ3v) is 6.22. The molecule has 0 saturated heterocycles. The summed E-state index contributed by atoms with van der Waals surface area (Å²) in [5, 5.41) is 0. The molecule has 0 bridgehead atoms. The summed E-state index contributed by atoms with van der Waals surface area (Å²) in [6.45, 7) is 20.8. The van der Waals surface area contributed by atoms with Crippen molar-refractivity contribution in [2.45, 2.75) is 86.7 Å². The zero-order valence-corrected chi connectivity index (χ0v) is 16.7. The molecule has 1 aliphatic heterocycles. The van der Waals surface area contributed by atoms with E-state index in [1.54, 1.807) is 0 Å². The first-order chi connectivity index (χ1) is 10.6. The third kappa shape index (κ3) is 3.44. The van der Waals surface area contributed by atoms with E-state index in [0.717, 1.165) is 0 Å². The van der Waals surface area contributed by atoms with Gasteiger partial charge in [0, 0.05) is 5.56 Å². The van der Waals surface area contributed by atoms with Gasteiger partial charge in [-0.2, -0.15) is 0 Å². The Hall–Kier alpha value is -0.980. The number of ether oxygens (including phenoxy) is 1. The topological polar surface area (TPSA) is 9.23 Å². The molecule has 1 unspecified atom stereocenters. The maximum absolute atomic E-state index is 6.60. The second kappa shape index (κ2) is 6.87. The van der Waals surface area contributed by atoms with Crippen LogP contribution < -0.4 is 4.74 Å². The Labute approximate surface area is 143 Å². The molecule has 1 nitrogen and oxygen atoms in total. The van der Waals surface area contributed by atoms with E-state index >= 15 is 0 Å². The summed E-state index contributed by atoms with van der Waals surface area (Å²) in [5.74, 6) is 4.24. The summed E-state index contributed by atoms with van der Waals surface area (Å²) in [6.07, 6.45) is 1.54. The first-order valence-corrected chi connectivity index (χ1v) is 9.45. The Morgan fingerprint density at radius 3 is 2.17 bits per heavy atom. The van der Waals surface area contributed by atoms with E-state index in [4.69, 9.17) is 4.74 Å². The fourth-order valence-corrected chi connectivity index (χ4v) is 4.04. The third-order valence-electron chi connectivity index (χ3n) is 6.22. The molecule has 1 aromatic rings. The van der Waals surface area contributed by atoms with E-state index in [1.165, 1.54) is 34.4 Å². The van der Waals surface area contributed by atoms with Crippen LogP contribution in [0.1, 0.15) is 89.0 Å². The van der Waals surface area contributed by atoms with Crippen molar-refractivity contribution >= 4 is 0 Å². The van der Waals surface area contributed by atoms with Gasteiger partial charge < -0.3 is 4.74 Å². The molecule has 1 heterocycles. The van der Waals surface area contributed by atoms with Gasteiger partial charge in [0.25, 0.3) is 0 Å². The van der Waals surface area contributed by atoms with Crippen LogP contribution in [0.2, 0.25) is 0 Å². The minimum absolute atomic E-state index is 0.275. The van der Waals surface area contributed by atoms with Gasteiger partial charge in [-0.05, 0) is 73.5 Å². The zero-order valence-electron chi connectivity index (χ0n) is 16.7. The van der Waals surface area contributed by atoms with Crippen molar-refractivity contribution in [2.24, 2.45) is 17.8 Å². The van der Waals surface area contributed by atoms with Crippen molar-refractivity contribution in [1.29, 1.82) is 0 Å². The lowest BCUT2D eigenvalue weighted by Gasteiger charge is -2.38. The lowest BCUT2D eigenvalue weighted by atomic mass is 9.72. The van der Waals surface area contributed by atoms with Crippen LogP contribution in [0.15, 0.2) is 6.07 Å². The second-order valence-electron chi connectivity index (χ2n) is 8.55. The zero-order chi connectivity index (χ0) is 17.5. The molecule has 1 heteroatoms. The van der Waals surface area contributed by atoms with Gasteiger partial charge in [0.1, 0.15) is 5.75 Å². The first-order valence-electron chi connectivity index (χ1n) is 9.45. The number of hydrogen-bond donors (Lipinski definition) is 0. The summed E-state index contributed by atoms with van der Waals surface area (Å²) in [5.41, 5.74) is 5.70. The van der Waals surface area contributed by atoms with Crippen LogP contribution in [0.5, 0.6) is 5.75 Å². The quantitative estimate of drug-likeness (QED) is 0.596. The lowest BCUT2D eigenvalue weighted by Crippen LogP contribution is -2.32. The SMILES string of the molecule is Cc1cc(C(C)C)c2c(c1C)O[C@@H](C)[C@@H](C)[C@@H](C)CC2C(C)C. The summed E-state index contributed by atoms with van der Waals surface area (Å²) >= 11 is 0. The Balaban J connectivity index is 2.74. The molecular weight excluding hydrogens is 280 g/mol. The van der Waals surface area contributed by atoms with Gasteiger partial charge in [0.05, 0.1) is 6.10 Å². The van der Waals surface area contributed by atoms with E-state index in [1.807, 2.05) is 0 Å². The number of benzene rings is 1. The maximum atomic E-state index is 6.60. The maximum Gasteiger partial charge on any atom is 0.126 e. The number of fused-ring (bicyclic) bond motifs is 1. The van der Waals surface area contributed by atoms with Crippen LogP contribution in [0.3, 0.4) is 0 Å². The van der Waals surface area contributed by atoms with E-state index in [2.05, 4.69) is 68.4 Å². The molecule has 0 aromatic heterocycles. The predicted molar refractivity (Wildman–Crippen MR) is 101 cm³/mol. The van der Waals surface area contributed by atoms with Crippen molar-refractivity contribution < 1.29 is 4.74 Å². The van der Waals surface area contributed by atoms with Gasteiger partial charge in [-0.15, -0.1) is 0 Å². The van der Waals surface area contributed by atoms with Gasteiger partial charge in [-0.25, -0.2) is 0 Å². The second-order valence-corrected chi connectivity index (χ2v) is 8.55. The number of rotatable bonds is 2. The molecule has 0 spiro atoms. The van der Waals surface area contributed by atoms with Crippen LogP contribution >= 0.6 is 0 Å². The summed E-state index contributed by atoms with van der Waals surface area (Å²) in [7, 11) is 0. The molecule has 4 atom stereocenters. The van der Waals surface area contributed by atoms with Crippen LogP contribution in [0, 0.1) is 31.6 Å². The van der Waals surface area contributed by atoms with Crippen LogP contribution in [0.25, 0.3) is 0 Å². The lowest BCUT2D eigenvalue weighted by molar-refractivity contribution is 0.103. The van der Waals surface area contributed by atoms with Crippen molar-refractivity contribution in [3.05, 3.63) is 28.3 Å². The fourth-order valence-electron chi connectivity index (χ4n) is 4.04. The fraction of sp³-hybridized carbons (Fsp3) is 0.727. The Morgan fingerprint density at radius 2 is 1.65 bits per heavy atom. The van der Waals surface area contributed by atoms with Crippen LogP contribution in [0.4, 0.5) is 0 Å². The Kier molecular flexibility index (Phi) is 5.48. The molecule has 1 aromatic carbocycles. The number of aryl methyl sites for hydroxylation is 1. The van der Waals surface area contributed by atoms with E-state index in [9.17, 15) is 0 Å². The first kappa shape index (κ1) is 18.4. The molecule has 0 radical (unpaired) electrons. The van der Waals surface area contributed by atoms with Gasteiger partial charge in [-0.1, -0.05) is 47.6 Å². The predicted octanol–water partition coefficient (Wildman–Crippen LogP) is 6.61. The Morgan fingerprint density at radius 1 is 1.04 bits per heavy atom. The monoisotopic (exact) mass is 316 g/mol. The van der Waals surface area contributed by atoms with Gasteiger partial charge in [-0.3, -0.25) is 0 Å². The molecule has 0 fully saturated rings. The molecule has 0 aliphatic carbocycles. The molecule has 0 amide bonds. The summed E-state index contributed by atoms with van der Waals surface area (Å²) < 4.78 is 6.60. The molecular formula is C22H36O. The van der Waals surface area contributed by atoms with Crippen molar-refractivity contribution in [2.75, 3.05) is 0 Å². The number of hydrogen-bond acceptors (Lipinski definition) is 1. The van der Waals surface area contributed by atoms with Crippen LogP contribution in [-0.2, 0) is 0 Å². The van der Waals surface area contributed by atoms with Crippen molar-refractivity contribution in [1.82, 2.24) is 0 Å². The van der Waals surface area contributed by atoms with Gasteiger partial charge >= 0.3 is 0 Å². The Bertz CT molecular complexity index is 556. The van der Waals surface area contributed by atoms with Gasteiger partial charge in [0.15, 0.2) is 0 Å². The standard InChI is InChI=1S/C22H36O/c1-12(2)19-10-14(5)16(7)18(9)23-22-17(8)15(6)11-20(13(3)4)21(19)22/h11-14,16,18-19H,10H2,1-9H3/t14-,16-,18-,19?/m0/s1. The van der Waals surface area contributed by atoms with Crippen LogP contribution in [-0.4, -0.2) is 6.10 Å². The molecule has 2 rings (SSSR count). The largest absolute Gasteiger partial charge is 0.490 e. The molecule has 23 heavy (non-hydrogen) atoms. The molecule has 0 saturated carbocycles. The summed E-state index contributed by atoms with van der Waals surface area (Å²) in [4.78, 5) is 0. The highest BCUT2D eigenvalue weighted by Crippen LogP contribution is 2.47. The highest BCUT2D eigenvalue weighted by atomic mass is 16.5. The van der Waals surface area contributed by atoms with Crippen molar-refractivity contribution in [3.63, 3.8) is 0 Å². The summed E-state index contributed by atoms with van der Waals surface area (Å²) in [6, 6.07) is 2.41. The molecule has 0 N–H and O–H groups in total. The van der Waals surface area contributed by atoms with E-state index in [-0.39, 0.29) is 6.10 Å². The van der Waals surface area contributed by atoms with E-state index in [0.29, 0.717) is 29.6 Å². The molecule has 130 valence electrons. The van der Waals surface area contributed by atoms with Crippen molar-refractivity contribution in [3.8, 4) is 5.75 Å². The normalized spacial score (nSPS) is 28.3. The average Bonchev–Trinajstić information content (AvgIpc) is 2.47.